The van der Waals surface area contributed by atoms with Gasteiger partial charge in [0.15, 0.2) is 5.85 Å². The summed E-state index contributed by atoms with van der Waals surface area (Å²) in [4.78, 5) is 10.1. The summed E-state index contributed by atoms with van der Waals surface area (Å²) in [6.07, 6.45) is 0. The number of hydrogen-bond donors (Lipinski definition) is 1. The van der Waals surface area contributed by atoms with Crippen LogP contribution in [0.1, 0.15) is 11.4 Å². The van der Waals surface area contributed by atoms with Crippen LogP contribution in [0.2, 0.25) is 0 Å². The van der Waals surface area contributed by atoms with Gasteiger partial charge in [0.1, 0.15) is 0 Å². The first-order chi connectivity index (χ1) is 9.94. The number of alkyl halides is 2. The van der Waals surface area contributed by atoms with Crippen LogP contribution in [0.5, 0.6) is 0 Å². The lowest BCUT2D eigenvalue weighted by molar-refractivity contribution is -0.385. The van der Waals surface area contributed by atoms with Crippen molar-refractivity contribution in [1.29, 1.82) is 0 Å². The molecule has 10 heteroatoms. The Balaban J connectivity index is 3.03. The Bertz CT molecular complexity index is 517. The molecule has 0 spiro atoms. The first-order valence-electron chi connectivity index (χ1n) is 5.87. The lowest BCUT2D eigenvalue weighted by Gasteiger charge is -2.22. The van der Waals surface area contributed by atoms with E-state index in [4.69, 9.17) is 32.2 Å². The highest BCUT2D eigenvalue weighted by molar-refractivity contribution is 7.54. The lowest BCUT2D eigenvalue weighted by Crippen LogP contribution is -2.09. The van der Waals surface area contributed by atoms with E-state index in [1.165, 1.54) is 18.2 Å². The van der Waals surface area contributed by atoms with E-state index in [2.05, 4.69) is 0 Å². The Kier molecular flexibility index (Phi) is 7.59. The van der Waals surface area contributed by atoms with Gasteiger partial charge < -0.3 is 14.2 Å². The monoisotopic (exact) mass is 357 g/mol. The van der Waals surface area contributed by atoms with Crippen LogP contribution in [0.25, 0.3) is 0 Å². The number of benzene rings is 1. The second-order valence-electron chi connectivity index (χ2n) is 3.81. The summed E-state index contributed by atoms with van der Waals surface area (Å²) in [5.41, 5.74) is -0.190. The third-order valence-electron chi connectivity index (χ3n) is 2.38. The number of nitro groups is 1. The van der Waals surface area contributed by atoms with Crippen LogP contribution in [0.3, 0.4) is 0 Å². The number of nitrogens with zero attached hydrogens (tertiary/aromatic N) is 1. The molecule has 0 aliphatic carbocycles. The second kappa shape index (κ2) is 8.68. The van der Waals surface area contributed by atoms with Gasteiger partial charge in [-0.3, -0.25) is 14.7 Å². The molecule has 0 saturated carbocycles. The van der Waals surface area contributed by atoms with Crippen molar-refractivity contribution in [2.24, 2.45) is 0 Å². The Hall–Kier alpha value is -0.690. The number of hydrogen-bond acceptors (Lipinski definition) is 6. The topological polar surface area (TPSA) is 98.9 Å². The standard InChI is InChI=1S/C11H14Cl2NO6P/c12-4-6-19-21(18,20-7-5-13)11(15)9-2-1-3-10(8-9)14(16)17/h1-3,8,11,15H,4-7H2/t11-/m0/s1. The van der Waals surface area contributed by atoms with Gasteiger partial charge in [0.2, 0.25) is 0 Å². The molecule has 0 bridgehead atoms. The normalized spacial score (nSPS) is 13.1. The molecule has 0 aliphatic heterocycles. The summed E-state index contributed by atoms with van der Waals surface area (Å²) < 4.78 is 22.6. The lowest BCUT2D eigenvalue weighted by atomic mass is 10.2. The van der Waals surface area contributed by atoms with Crippen LogP contribution >= 0.6 is 30.8 Å². The number of rotatable bonds is 9. The van der Waals surface area contributed by atoms with E-state index in [1.807, 2.05) is 0 Å². The van der Waals surface area contributed by atoms with Crippen molar-refractivity contribution in [3.05, 3.63) is 39.9 Å². The fourth-order valence-corrected chi connectivity index (χ4v) is 3.43. The Morgan fingerprint density at radius 2 is 1.86 bits per heavy atom. The fourth-order valence-electron chi connectivity index (χ4n) is 1.48. The maximum absolute atomic E-state index is 12.5. The molecular formula is C11H14Cl2NO6P. The second-order valence-corrected chi connectivity index (χ2v) is 6.65. The molecule has 0 heterocycles. The molecule has 21 heavy (non-hydrogen) atoms. The first kappa shape index (κ1) is 18.4. The molecule has 0 aliphatic rings. The number of non-ortho nitro benzene ring substituents is 1. The van der Waals surface area contributed by atoms with Crippen LogP contribution in [-0.2, 0) is 13.6 Å². The van der Waals surface area contributed by atoms with Crippen molar-refractivity contribution in [2.75, 3.05) is 25.0 Å². The molecule has 0 unspecified atom stereocenters. The summed E-state index contributed by atoms with van der Waals surface area (Å²) >= 11 is 10.9. The number of aliphatic hydroxyl groups excluding tert-OH is 1. The van der Waals surface area contributed by atoms with Crippen molar-refractivity contribution in [3.63, 3.8) is 0 Å². The quantitative estimate of drug-likeness (QED) is 0.315. The molecule has 0 fully saturated rings. The third-order valence-corrected chi connectivity index (χ3v) is 4.67. The highest BCUT2D eigenvalue weighted by Gasteiger charge is 2.36. The molecule has 1 aromatic rings. The van der Waals surface area contributed by atoms with E-state index < -0.39 is 18.4 Å². The van der Waals surface area contributed by atoms with Gasteiger partial charge in [-0.25, -0.2) is 0 Å². The van der Waals surface area contributed by atoms with Crippen LogP contribution in [0, 0.1) is 10.1 Å². The third kappa shape index (κ3) is 5.21. The molecule has 7 nitrogen and oxygen atoms in total. The van der Waals surface area contributed by atoms with Gasteiger partial charge in [0, 0.05) is 23.9 Å². The average Bonchev–Trinajstić information content (AvgIpc) is 2.50. The van der Waals surface area contributed by atoms with Crippen LogP contribution in [0.4, 0.5) is 5.69 Å². The Morgan fingerprint density at radius 3 is 2.33 bits per heavy atom. The molecule has 1 rings (SSSR count). The molecule has 0 saturated heterocycles. The molecule has 0 amide bonds. The zero-order valence-corrected chi connectivity index (χ0v) is 13.3. The summed E-state index contributed by atoms with van der Waals surface area (Å²) in [7, 11) is -3.95. The van der Waals surface area contributed by atoms with Crippen molar-refractivity contribution in [2.45, 2.75) is 5.85 Å². The van der Waals surface area contributed by atoms with E-state index in [0.717, 1.165) is 6.07 Å². The minimum absolute atomic E-state index is 0.0515. The van der Waals surface area contributed by atoms with Crippen molar-refractivity contribution in [3.8, 4) is 0 Å². The molecule has 1 aromatic carbocycles. The minimum Gasteiger partial charge on any atom is -0.376 e. The molecule has 1 N–H and O–H groups in total. The van der Waals surface area contributed by atoms with Crippen LogP contribution < -0.4 is 0 Å². The largest absolute Gasteiger partial charge is 0.376 e. The van der Waals surface area contributed by atoms with Gasteiger partial charge >= 0.3 is 7.60 Å². The fraction of sp³-hybridized carbons (Fsp3) is 0.455. The van der Waals surface area contributed by atoms with Gasteiger partial charge in [-0.1, -0.05) is 12.1 Å². The van der Waals surface area contributed by atoms with Crippen LogP contribution in [0.15, 0.2) is 24.3 Å². The maximum Gasteiger partial charge on any atom is 0.363 e. The minimum atomic E-state index is -3.95. The van der Waals surface area contributed by atoms with Crippen molar-refractivity contribution >= 4 is 36.5 Å². The van der Waals surface area contributed by atoms with Gasteiger partial charge in [-0.05, 0) is 5.56 Å². The van der Waals surface area contributed by atoms with Gasteiger partial charge in [-0.15, -0.1) is 23.2 Å². The SMILES string of the molecule is O=[N+]([O-])c1cccc([C@@H](O)P(=O)(OCCCl)OCCCl)c1. The number of halogens is 2. The van der Waals surface area contributed by atoms with Gasteiger partial charge in [-0.2, -0.15) is 0 Å². The smallest absolute Gasteiger partial charge is 0.363 e. The molecule has 1 atom stereocenters. The highest BCUT2D eigenvalue weighted by Crippen LogP contribution is 2.59. The van der Waals surface area contributed by atoms with E-state index in [1.54, 1.807) is 0 Å². The number of nitro benzene ring substituents is 1. The Labute approximate surface area is 131 Å². The Morgan fingerprint density at radius 1 is 1.29 bits per heavy atom. The average molecular weight is 358 g/mol. The molecule has 0 radical (unpaired) electrons. The predicted octanol–water partition coefficient (Wildman–Crippen LogP) is 3.29. The summed E-state index contributed by atoms with van der Waals surface area (Å²) in [5.74, 6) is -1.56. The number of aliphatic hydroxyl groups is 1. The molecule has 0 aromatic heterocycles. The molecule has 118 valence electrons. The summed E-state index contributed by atoms with van der Waals surface area (Å²) in [5, 5.41) is 20.9. The zero-order chi connectivity index (χ0) is 15.9. The predicted molar refractivity (Wildman–Crippen MR) is 79.0 cm³/mol. The summed E-state index contributed by atoms with van der Waals surface area (Å²) in [6, 6.07) is 5.11. The van der Waals surface area contributed by atoms with Crippen molar-refractivity contribution in [1.82, 2.24) is 0 Å². The zero-order valence-electron chi connectivity index (χ0n) is 10.9. The summed E-state index contributed by atoms with van der Waals surface area (Å²) in [6.45, 7) is -0.208. The van der Waals surface area contributed by atoms with E-state index in [0.29, 0.717) is 0 Å². The van der Waals surface area contributed by atoms with E-state index in [9.17, 15) is 19.8 Å². The van der Waals surface area contributed by atoms with E-state index >= 15 is 0 Å². The highest BCUT2D eigenvalue weighted by atomic mass is 35.5. The molecular weight excluding hydrogens is 344 g/mol. The van der Waals surface area contributed by atoms with Gasteiger partial charge in [0.05, 0.1) is 18.1 Å². The van der Waals surface area contributed by atoms with Crippen molar-refractivity contribution < 1.29 is 23.6 Å². The van der Waals surface area contributed by atoms with Crippen LogP contribution in [-0.4, -0.2) is 35.0 Å². The maximum atomic E-state index is 12.5. The van der Waals surface area contributed by atoms with Gasteiger partial charge in [0.25, 0.3) is 5.69 Å². The first-order valence-corrected chi connectivity index (χ1v) is 8.56. The van der Waals surface area contributed by atoms with E-state index in [-0.39, 0.29) is 36.2 Å².